The quantitative estimate of drug-likeness (QED) is 0.797. The molecular weight excluding hydrogens is 324 g/mol. The van der Waals surface area contributed by atoms with Gasteiger partial charge in [-0.2, -0.15) is 0 Å². The van der Waals surface area contributed by atoms with E-state index in [1.165, 1.54) is 0 Å². The van der Waals surface area contributed by atoms with Crippen LogP contribution in [0.3, 0.4) is 0 Å². The summed E-state index contributed by atoms with van der Waals surface area (Å²) in [5.74, 6) is -0.194. The maximum Gasteiger partial charge on any atom is 0.325 e. The fourth-order valence-corrected chi connectivity index (χ4v) is 2.80. The zero-order chi connectivity index (χ0) is 16.1. The van der Waals surface area contributed by atoms with Crippen molar-refractivity contribution in [3.63, 3.8) is 0 Å². The summed E-state index contributed by atoms with van der Waals surface area (Å²) in [5, 5.41) is 8.84. The second-order valence-electron chi connectivity index (χ2n) is 4.38. The lowest BCUT2D eigenvalue weighted by Crippen LogP contribution is -2.22. The molecule has 0 fully saturated rings. The van der Waals surface area contributed by atoms with E-state index in [0.29, 0.717) is 33.0 Å². The highest BCUT2D eigenvalue weighted by Crippen LogP contribution is 2.23. The molecule has 8 heteroatoms. The largest absolute Gasteiger partial charge is 0.352 e. The number of hydrogen-bond acceptors (Lipinski definition) is 4. The molecule has 2 aromatic rings. The normalized spacial score (nSPS) is 10.1. The Hall–Kier alpha value is -2.12. The van der Waals surface area contributed by atoms with Crippen LogP contribution in [0, 0.1) is 6.92 Å². The van der Waals surface area contributed by atoms with Crippen LogP contribution >= 0.6 is 22.9 Å². The van der Waals surface area contributed by atoms with Crippen LogP contribution in [0.4, 0.5) is 15.6 Å². The minimum absolute atomic E-state index is 0.194. The smallest absolute Gasteiger partial charge is 0.325 e. The van der Waals surface area contributed by atoms with E-state index in [0.717, 1.165) is 11.3 Å². The lowest BCUT2D eigenvalue weighted by molar-refractivity contribution is 0.0959. The Labute approximate surface area is 136 Å². The number of urea groups is 1. The standard InChI is InChI=1S/C14H15ClN4O2S/c1-3-16-12(20)11-8(2)17-14(22-11)19-13(21)18-10-6-4-5-9(15)7-10/h4-7H,3H2,1-2H3,(H,16,20)(H2,17,18,19,21). The molecule has 0 aliphatic heterocycles. The lowest BCUT2D eigenvalue weighted by Gasteiger charge is -2.05. The highest BCUT2D eigenvalue weighted by molar-refractivity contribution is 7.17. The van der Waals surface area contributed by atoms with Crippen LogP contribution in [0.2, 0.25) is 5.02 Å². The Balaban J connectivity index is 2.03. The number of anilines is 2. The third-order valence-corrected chi connectivity index (χ3v) is 3.95. The van der Waals surface area contributed by atoms with Crippen LogP contribution in [-0.2, 0) is 0 Å². The molecular formula is C14H15ClN4O2S. The molecule has 0 radical (unpaired) electrons. The molecule has 116 valence electrons. The van der Waals surface area contributed by atoms with Crippen molar-refractivity contribution in [2.75, 3.05) is 17.2 Å². The number of thiazole rings is 1. The van der Waals surface area contributed by atoms with Crippen molar-refractivity contribution < 1.29 is 9.59 Å². The van der Waals surface area contributed by atoms with Crippen molar-refractivity contribution in [1.29, 1.82) is 0 Å². The number of benzene rings is 1. The second-order valence-corrected chi connectivity index (χ2v) is 5.82. The fourth-order valence-electron chi connectivity index (χ4n) is 1.73. The van der Waals surface area contributed by atoms with E-state index in [1.807, 2.05) is 6.92 Å². The molecule has 0 bridgehead atoms. The Morgan fingerprint density at radius 1 is 1.32 bits per heavy atom. The molecule has 3 amide bonds. The number of aryl methyl sites for hydroxylation is 1. The molecule has 1 aromatic heterocycles. The van der Waals surface area contributed by atoms with Gasteiger partial charge in [-0.05, 0) is 32.0 Å². The van der Waals surface area contributed by atoms with Gasteiger partial charge in [-0.1, -0.05) is 29.0 Å². The third-order valence-electron chi connectivity index (χ3n) is 2.64. The van der Waals surface area contributed by atoms with Crippen molar-refractivity contribution in [3.05, 3.63) is 39.9 Å². The Kier molecular flexibility index (Phi) is 5.35. The minimum Gasteiger partial charge on any atom is -0.352 e. The van der Waals surface area contributed by atoms with E-state index in [9.17, 15) is 9.59 Å². The summed E-state index contributed by atoms with van der Waals surface area (Å²) in [6.45, 7) is 4.10. The summed E-state index contributed by atoms with van der Waals surface area (Å²) < 4.78 is 0. The van der Waals surface area contributed by atoms with Gasteiger partial charge in [0, 0.05) is 17.3 Å². The van der Waals surface area contributed by atoms with Gasteiger partial charge in [0.2, 0.25) is 0 Å². The monoisotopic (exact) mass is 338 g/mol. The van der Waals surface area contributed by atoms with Gasteiger partial charge in [0.05, 0.1) is 5.69 Å². The molecule has 0 spiro atoms. The van der Waals surface area contributed by atoms with Gasteiger partial charge in [-0.25, -0.2) is 9.78 Å². The number of amides is 3. The molecule has 3 N–H and O–H groups in total. The summed E-state index contributed by atoms with van der Waals surface area (Å²) >= 11 is 6.98. The van der Waals surface area contributed by atoms with Crippen LogP contribution in [0.5, 0.6) is 0 Å². The average Bonchev–Trinajstić information content (AvgIpc) is 2.79. The molecule has 0 aliphatic carbocycles. The average molecular weight is 339 g/mol. The molecule has 0 saturated heterocycles. The van der Waals surface area contributed by atoms with Gasteiger partial charge in [0.1, 0.15) is 4.88 Å². The number of aromatic nitrogens is 1. The molecule has 22 heavy (non-hydrogen) atoms. The number of carbonyl (C=O) groups is 2. The van der Waals surface area contributed by atoms with Crippen LogP contribution in [-0.4, -0.2) is 23.5 Å². The Bertz CT molecular complexity index is 702. The van der Waals surface area contributed by atoms with E-state index in [-0.39, 0.29) is 5.91 Å². The maximum absolute atomic E-state index is 11.9. The van der Waals surface area contributed by atoms with E-state index in [1.54, 1.807) is 31.2 Å². The van der Waals surface area contributed by atoms with Crippen molar-refractivity contribution in [3.8, 4) is 0 Å². The van der Waals surface area contributed by atoms with Gasteiger partial charge < -0.3 is 10.6 Å². The number of nitrogens with zero attached hydrogens (tertiary/aromatic N) is 1. The zero-order valence-corrected chi connectivity index (χ0v) is 13.6. The van der Waals surface area contributed by atoms with Crippen molar-refractivity contribution >= 4 is 45.7 Å². The minimum atomic E-state index is -0.446. The Morgan fingerprint density at radius 2 is 2.09 bits per heavy atom. The number of nitrogens with one attached hydrogen (secondary N) is 3. The second kappa shape index (κ2) is 7.24. The van der Waals surface area contributed by atoms with E-state index in [2.05, 4.69) is 20.9 Å². The summed E-state index contributed by atoms with van der Waals surface area (Å²) in [5.41, 5.74) is 1.15. The summed E-state index contributed by atoms with van der Waals surface area (Å²) in [6, 6.07) is 6.36. The van der Waals surface area contributed by atoms with Crippen LogP contribution in [0.1, 0.15) is 22.3 Å². The van der Waals surface area contributed by atoms with E-state index >= 15 is 0 Å². The highest BCUT2D eigenvalue weighted by Gasteiger charge is 2.15. The first kappa shape index (κ1) is 16.3. The highest BCUT2D eigenvalue weighted by atomic mass is 35.5. The molecule has 0 aliphatic rings. The fraction of sp³-hybridized carbons (Fsp3) is 0.214. The molecule has 1 heterocycles. The maximum atomic E-state index is 11.9. The molecule has 6 nitrogen and oxygen atoms in total. The summed E-state index contributed by atoms with van der Waals surface area (Å²) in [4.78, 5) is 28.4. The number of halogens is 1. The van der Waals surface area contributed by atoms with Crippen molar-refractivity contribution in [2.24, 2.45) is 0 Å². The first-order chi connectivity index (χ1) is 10.5. The van der Waals surface area contributed by atoms with Crippen LogP contribution in [0.15, 0.2) is 24.3 Å². The third kappa shape index (κ3) is 4.19. The predicted octanol–water partition coefficient (Wildman–Crippen LogP) is 3.50. The lowest BCUT2D eigenvalue weighted by atomic mass is 10.3. The summed E-state index contributed by atoms with van der Waals surface area (Å²) in [7, 11) is 0. The predicted molar refractivity (Wildman–Crippen MR) is 89.0 cm³/mol. The number of rotatable bonds is 4. The number of hydrogen-bond donors (Lipinski definition) is 3. The van der Waals surface area contributed by atoms with Crippen LogP contribution < -0.4 is 16.0 Å². The van der Waals surface area contributed by atoms with Crippen LogP contribution in [0.25, 0.3) is 0 Å². The van der Waals surface area contributed by atoms with Gasteiger partial charge >= 0.3 is 6.03 Å². The number of carbonyl (C=O) groups excluding carboxylic acids is 2. The molecule has 0 unspecified atom stereocenters. The van der Waals surface area contributed by atoms with E-state index < -0.39 is 6.03 Å². The van der Waals surface area contributed by atoms with Crippen molar-refractivity contribution in [1.82, 2.24) is 10.3 Å². The topological polar surface area (TPSA) is 83.1 Å². The molecule has 2 rings (SSSR count). The first-order valence-electron chi connectivity index (χ1n) is 6.58. The first-order valence-corrected chi connectivity index (χ1v) is 7.78. The van der Waals surface area contributed by atoms with E-state index in [4.69, 9.17) is 11.6 Å². The zero-order valence-electron chi connectivity index (χ0n) is 12.1. The van der Waals surface area contributed by atoms with Crippen molar-refractivity contribution in [2.45, 2.75) is 13.8 Å². The Morgan fingerprint density at radius 3 is 2.77 bits per heavy atom. The molecule has 0 saturated carbocycles. The van der Waals surface area contributed by atoms with Gasteiger partial charge in [-0.3, -0.25) is 10.1 Å². The van der Waals surface area contributed by atoms with Gasteiger partial charge in [0.15, 0.2) is 5.13 Å². The summed E-state index contributed by atoms with van der Waals surface area (Å²) in [6.07, 6.45) is 0. The SMILES string of the molecule is CCNC(=O)c1sc(NC(=O)Nc2cccc(Cl)c2)nc1C. The molecule has 1 aromatic carbocycles. The van der Waals surface area contributed by atoms with Gasteiger partial charge in [-0.15, -0.1) is 0 Å². The van der Waals surface area contributed by atoms with Gasteiger partial charge in [0.25, 0.3) is 5.91 Å². The molecule has 0 atom stereocenters.